The largest absolute Gasteiger partial charge is 0.368 e. The molecule has 1 N–H and O–H groups in total. The van der Waals surface area contributed by atoms with Crippen LogP contribution in [0.25, 0.3) is 0 Å². The Labute approximate surface area is 101 Å². The number of anilines is 1. The summed E-state index contributed by atoms with van der Waals surface area (Å²) in [4.78, 5) is 12.7. The van der Waals surface area contributed by atoms with E-state index in [9.17, 15) is 10.1 Å². The van der Waals surface area contributed by atoms with Crippen molar-refractivity contribution >= 4 is 11.4 Å². The van der Waals surface area contributed by atoms with Crippen molar-refractivity contribution in [3.63, 3.8) is 0 Å². The molecule has 0 bridgehead atoms. The van der Waals surface area contributed by atoms with E-state index in [-0.39, 0.29) is 10.6 Å². The van der Waals surface area contributed by atoms with Crippen molar-refractivity contribution < 1.29 is 4.92 Å². The van der Waals surface area contributed by atoms with E-state index in [2.05, 4.69) is 17.1 Å². The normalized spacial score (nSPS) is 20.4. The molecule has 1 fully saturated rings. The smallest absolute Gasteiger partial charge is 0.271 e. The predicted molar refractivity (Wildman–Crippen MR) is 67.5 cm³/mol. The van der Waals surface area contributed by atoms with Gasteiger partial charge >= 0.3 is 0 Å². The summed E-state index contributed by atoms with van der Waals surface area (Å²) < 4.78 is 0. The Kier molecular flexibility index (Phi) is 3.28. The fourth-order valence-corrected chi connectivity index (χ4v) is 2.20. The van der Waals surface area contributed by atoms with Crippen LogP contribution in [0.1, 0.15) is 12.5 Å². The van der Waals surface area contributed by atoms with Gasteiger partial charge in [0.25, 0.3) is 5.69 Å². The highest BCUT2D eigenvalue weighted by Gasteiger charge is 2.19. The maximum atomic E-state index is 10.8. The van der Waals surface area contributed by atoms with Crippen LogP contribution in [0, 0.1) is 17.0 Å². The van der Waals surface area contributed by atoms with Crippen LogP contribution in [0.3, 0.4) is 0 Å². The fourth-order valence-electron chi connectivity index (χ4n) is 2.20. The highest BCUT2D eigenvalue weighted by molar-refractivity contribution is 5.59. The average Bonchev–Trinajstić information content (AvgIpc) is 2.29. The molecule has 1 atom stereocenters. The molecule has 1 aliphatic rings. The van der Waals surface area contributed by atoms with Gasteiger partial charge in [-0.15, -0.1) is 0 Å². The number of rotatable bonds is 2. The molecule has 0 saturated carbocycles. The molecule has 0 radical (unpaired) electrons. The lowest BCUT2D eigenvalue weighted by atomic mass is 10.1. The van der Waals surface area contributed by atoms with E-state index in [4.69, 9.17) is 0 Å². The van der Waals surface area contributed by atoms with Gasteiger partial charge in [-0.25, -0.2) is 0 Å². The van der Waals surface area contributed by atoms with Gasteiger partial charge in [0.15, 0.2) is 0 Å². The summed E-state index contributed by atoms with van der Waals surface area (Å²) in [5.41, 5.74) is 2.23. The zero-order chi connectivity index (χ0) is 12.4. The Morgan fingerprint density at radius 3 is 2.94 bits per heavy atom. The number of hydrogen-bond donors (Lipinski definition) is 1. The number of benzene rings is 1. The molecule has 5 heteroatoms. The highest BCUT2D eigenvalue weighted by atomic mass is 16.6. The number of non-ortho nitro benzene ring substituents is 1. The zero-order valence-electron chi connectivity index (χ0n) is 10.1. The van der Waals surface area contributed by atoms with Crippen molar-refractivity contribution in [2.45, 2.75) is 19.9 Å². The van der Waals surface area contributed by atoms with E-state index in [0.717, 1.165) is 30.9 Å². The molecule has 1 aliphatic heterocycles. The summed E-state index contributed by atoms with van der Waals surface area (Å²) in [5, 5.41) is 14.1. The third kappa shape index (κ3) is 2.55. The molecule has 0 amide bonds. The van der Waals surface area contributed by atoms with Crippen molar-refractivity contribution in [2.24, 2.45) is 0 Å². The first-order chi connectivity index (χ1) is 8.08. The molecule has 92 valence electrons. The Hall–Kier alpha value is -1.62. The molecule has 1 heterocycles. The van der Waals surface area contributed by atoms with Gasteiger partial charge in [0.2, 0.25) is 0 Å². The van der Waals surface area contributed by atoms with Crippen molar-refractivity contribution in [3.05, 3.63) is 33.9 Å². The van der Waals surface area contributed by atoms with Gasteiger partial charge in [0, 0.05) is 43.5 Å². The molecule has 0 unspecified atom stereocenters. The second-order valence-electron chi connectivity index (χ2n) is 4.53. The Bertz CT molecular complexity index is 434. The minimum atomic E-state index is -0.339. The summed E-state index contributed by atoms with van der Waals surface area (Å²) >= 11 is 0. The maximum absolute atomic E-state index is 10.8. The first-order valence-corrected chi connectivity index (χ1v) is 5.81. The lowest BCUT2D eigenvalue weighted by Gasteiger charge is -2.34. The Morgan fingerprint density at radius 1 is 1.53 bits per heavy atom. The van der Waals surface area contributed by atoms with Crippen LogP contribution in [-0.2, 0) is 0 Å². The van der Waals surface area contributed by atoms with Gasteiger partial charge in [0.1, 0.15) is 0 Å². The third-order valence-corrected chi connectivity index (χ3v) is 3.11. The van der Waals surface area contributed by atoms with Crippen molar-refractivity contribution in [3.8, 4) is 0 Å². The van der Waals surface area contributed by atoms with Crippen molar-refractivity contribution in [1.82, 2.24) is 5.32 Å². The molecule has 0 spiro atoms. The second kappa shape index (κ2) is 4.71. The standard InChI is InChI=1S/C12H17N3O2/c1-9-3-4-11(15(16)17)7-12(9)14-6-5-13-10(2)8-14/h3-4,7,10,13H,5-6,8H2,1-2H3/t10-/m1/s1. The van der Waals surface area contributed by atoms with Gasteiger partial charge in [-0.05, 0) is 19.4 Å². The summed E-state index contributed by atoms with van der Waals surface area (Å²) in [6.45, 7) is 6.82. The zero-order valence-corrected chi connectivity index (χ0v) is 10.1. The minimum absolute atomic E-state index is 0.164. The quantitative estimate of drug-likeness (QED) is 0.626. The van der Waals surface area contributed by atoms with Gasteiger partial charge in [-0.1, -0.05) is 6.07 Å². The highest BCUT2D eigenvalue weighted by Crippen LogP contribution is 2.26. The van der Waals surface area contributed by atoms with Crippen LogP contribution in [0.2, 0.25) is 0 Å². The van der Waals surface area contributed by atoms with Gasteiger partial charge < -0.3 is 10.2 Å². The topological polar surface area (TPSA) is 58.4 Å². The van der Waals surface area contributed by atoms with Crippen LogP contribution in [0.4, 0.5) is 11.4 Å². The van der Waals surface area contributed by atoms with Crippen molar-refractivity contribution in [1.29, 1.82) is 0 Å². The fraction of sp³-hybridized carbons (Fsp3) is 0.500. The molecule has 0 aliphatic carbocycles. The number of hydrogen-bond acceptors (Lipinski definition) is 4. The molecule has 17 heavy (non-hydrogen) atoms. The SMILES string of the molecule is Cc1ccc([N+](=O)[O-])cc1N1CCN[C@H](C)C1. The molecular weight excluding hydrogens is 218 g/mol. The molecule has 1 aromatic carbocycles. The number of aryl methyl sites for hydroxylation is 1. The predicted octanol–water partition coefficient (Wildman–Crippen LogP) is 1.70. The lowest BCUT2D eigenvalue weighted by Crippen LogP contribution is -2.49. The van der Waals surface area contributed by atoms with Crippen LogP contribution >= 0.6 is 0 Å². The number of nitro benzene ring substituents is 1. The number of piperazine rings is 1. The van der Waals surface area contributed by atoms with E-state index in [1.54, 1.807) is 12.1 Å². The first kappa shape index (κ1) is 11.9. The molecule has 5 nitrogen and oxygen atoms in total. The van der Waals surface area contributed by atoms with Crippen LogP contribution in [0.15, 0.2) is 18.2 Å². The van der Waals surface area contributed by atoms with Gasteiger partial charge in [-0.2, -0.15) is 0 Å². The van der Waals surface area contributed by atoms with Crippen LogP contribution in [0.5, 0.6) is 0 Å². The maximum Gasteiger partial charge on any atom is 0.271 e. The van der Waals surface area contributed by atoms with E-state index in [0.29, 0.717) is 6.04 Å². The molecule has 2 rings (SSSR count). The summed E-state index contributed by atoms with van der Waals surface area (Å²) in [6, 6.07) is 5.47. The van der Waals surface area contributed by atoms with E-state index < -0.39 is 0 Å². The third-order valence-electron chi connectivity index (χ3n) is 3.11. The summed E-state index contributed by atoms with van der Waals surface area (Å²) in [5.74, 6) is 0. The number of nitro groups is 1. The Balaban J connectivity index is 2.29. The van der Waals surface area contributed by atoms with Crippen LogP contribution in [-0.4, -0.2) is 30.6 Å². The number of nitrogens with zero attached hydrogens (tertiary/aromatic N) is 2. The Morgan fingerprint density at radius 2 is 2.29 bits per heavy atom. The van der Waals surface area contributed by atoms with Crippen LogP contribution < -0.4 is 10.2 Å². The summed E-state index contributed by atoms with van der Waals surface area (Å²) in [6.07, 6.45) is 0. The molecule has 1 saturated heterocycles. The van der Waals surface area contributed by atoms with E-state index >= 15 is 0 Å². The van der Waals surface area contributed by atoms with Gasteiger partial charge in [-0.3, -0.25) is 10.1 Å². The minimum Gasteiger partial charge on any atom is -0.368 e. The second-order valence-corrected chi connectivity index (χ2v) is 4.53. The molecule has 0 aromatic heterocycles. The molecule has 1 aromatic rings. The average molecular weight is 235 g/mol. The summed E-state index contributed by atoms with van der Waals surface area (Å²) in [7, 11) is 0. The number of nitrogens with one attached hydrogen (secondary N) is 1. The van der Waals surface area contributed by atoms with E-state index in [1.807, 2.05) is 13.0 Å². The lowest BCUT2D eigenvalue weighted by molar-refractivity contribution is -0.384. The van der Waals surface area contributed by atoms with Gasteiger partial charge in [0.05, 0.1) is 4.92 Å². The van der Waals surface area contributed by atoms with E-state index in [1.165, 1.54) is 0 Å². The first-order valence-electron chi connectivity index (χ1n) is 5.81. The monoisotopic (exact) mass is 235 g/mol. The molecular formula is C12H17N3O2. The van der Waals surface area contributed by atoms with Crippen molar-refractivity contribution in [2.75, 3.05) is 24.5 Å².